The molecule has 0 spiro atoms. The molecule has 1 saturated carbocycles. The molecule has 0 bridgehead atoms. The van der Waals surface area contributed by atoms with Crippen molar-refractivity contribution >= 4 is 29.3 Å². The zero-order chi connectivity index (χ0) is 13.9. The number of thioether (sulfide) groups is 1. The van der Waals surface area contributed by atoms with Crippen LogP contribution in [0, 0.1) is 5.41 Å². The van der Waals surface area contributed by atoms with Gasteiger partial charge in [0.2, 0.25) is 5.91 Å². The highest BCUT2D eigenvalue weighted by atomic mass is 35.5. The number of benzene rings is 1. The van der Waals surface area contributed by atoms with Crippen LogP contribution in [0.4, 0.5) is 0 Å². The number of aliphatic hydroxyl groups excluding tert-OH is 1. The largest absolute Gasteiger partial charge is 0.396 e. The number of hydrogen-bond acceptors (Lipinski definition) is 3. The van der Waals surface area contributed by atoms with E-state index in [1.54, 1.807) is 0 Å². The van der Waals surface area contributed by atoms with Gasteiger partial charge in [0.1, 0.15) is 0 Å². The highest BCUT2D eigenvalue weighted by Crippen LogP contribution is 2.44. The third-order valence-electron chi connectivity index (χ3n) is 3.43. The maximum Gasteiger partial charge on any atom is 0.233 e. The Labute approximate surface area is 122 Å². The number of nitrogens with one attached hydrogen (secondary N) is 1. The van der Waals surface area contributed by atoms with Crippen molar-refractivity contribution in [2.24, 2.45) is 5.41 Å². The summed E-state index contributed by atoms with van der Waals surface area (Å²) in [6, 6.07) is 7.46. The predicted molar refractivity (Wildman–Crippen MR) is 78.5 cm³/mol. The molecule has 0 aromatic heterocycles. The van der Waals surface area contributed by atoms with Gasteiger partial charge in [0.05, 0.1) is 11.9 Å². The number of carbonyl (C=O) groups excluding carboxylic acids is 1. The van der Waals surface area contributed by atoms with Crippen LogP contribution in [-0.2, 0) is 4.79 Å². The third-order valence-corrected chi connectivity index (χ3v) is 4.79. The number of rotatable bonds is 6. The first-order valence-electron chi connectivity index (χ1n) is 6.35. The minimum atomic E-state index is -0.157. The summed E-state index contributed by atoms with van der Waals surface area (Å²) >= 11 is 7.33. The van der Waals surface area contributed by atoms with E-state index in [9.17, 15) is 9.90 Å². The molecule has 1 unspecified atom stereocenters. The molecule has 1 aromatic carbocycles. The molecule has 2 rings (SSSR count). The molecule has 1 amide bonds. The highest BCUT2D eigenvalue weighted by molar-refractivity contribution is 8.00. The molecule has 0 radical (unpaired) electrons. The average Bonchev–Trinajstić information content (AvgIpc) is 3.19. The molecular formula is C14H18ClNO2S. The summed E-state index contributed by atoms with van der Waals surface area (Å²) in [5.74, 6) is 0.0136. The van der Waals surface area contributed by atoms with Crippen molar-refractivity contribution < 1.29 is 9.90 Å². The quantitative estimate of drug-likeness (QED) is 0.794. The summed E-state index contributed by atoms with van der Waals surface area (Å²) < 4.78 is 0. The molecule has 0 heterocycles. The molecule has 19 heavy (non-hydrogen) atoms. The lowest BCUT2D eigenvalue weighted by Gasteiger charge is -2.16. The molecule has 0 aliphatic heterocycles. The standard InChI is InChI=1S/C14H18ClNO2S/c1-10(19-12-4-2-11(15)3-5-12)13(18)16-8-14(9-17)6-7-14/h2-5,10,17H,6-9H2,1H3,(H,16,18). The Morgan fingerprint density at radius 1 is 1.47 bits per heavy atom. The summed E-state index contributed by atoms with van der Waals surface area (Å²) in [6.45, 7) is 2.62. The van der Waals surface area contributed by atoms with Crippen LogP contribution in [0.5, 0.6) is 0 Å². The van der Waals surface area contributed by atoms with Gasteiger partial charge in [0.25, 0.3) is 0 Å². The summed E-state index contributed by atoms with van der Waals surface area (Å²) in [5.41, 5.74) is -0.0414. The van der Waals surface area contributed by atoms with Gasteiger partial charge in [0, 0.05) is 21.9 Å². The number of halogens is 1. The minimum absolute atomic E-state index is 0.0136. The monoisotopic (exact) mass is 299 g/mol. The van der Waals surface area contributed by atoms with E-state index in [1.807, 2.05) is 31.2 Å². The van der Waals surface area contributed by atoms with Gasteiger partial charge in [0.15, 0.2) is 0 Å². The van der Waals surface area contributed by atoms with Crippen molar-refractivity contribution in [2.45, 2.75) is 29.9 Å². The number of amides is 1. The van der Waals surface area contributed by atoms with Crippen LogP contribution in [0.1, 0.15) is 19.8 Å². The Bertz CT molecular complexity index is 445. The van der Waals surface area contributed by atoms with E-state index in [-0.39, 0.29) is 23.2 Å². The summed E-state index contributed by atoms with van der Waals surface area (Å²) in [6.07, 6.45) is 2.00. The van der Waals surface area contributed by atoms with Crippen LogP contribution in [-0.4, -0.2) is 29.4 Å². The lowest BCUT2D eigenvalue weighted by Crippen LogP contribution is -2.36. The van der Waals surface area contributed by atoms with E-state index in [1.165, 1.54) is 11.8 Å². The van der Waals surface area contributed by atoms with E-state index in [2.05, 4.69) is 5.32 Å². The maximum absolute atomic E-state index is 12.0. The van der Waals surface area contributed by atoms with Gasteiger partial charge in [-0.05, 0) is 44.0 Å². The van der Waals surface area contributed by atoms with Crippen molar-refractivity contribution in [2.75, 3.05) is 13.2 Å². The van der Waals surface area contributed by atoms with Crippen LogP contribution >= 0.6 is 23.4 Å². The van der Waals surface area contributed by atoms with Crippen molar-refractivity contribution in [3.05, 3.63) is 29.3 Å². The molecule has 5 heteroatoms. The minimum Gasteiger partial charge on any atom is -0.396 e. The van der Waals surface area contributed by atoms with Gasteiger partial charge in [-0.2, -0.15) is 0 Å². The molecule has 1 aromatic rings. The maximum atomic E-state index is 12.0. The van der Waals surface area contributed by atoms with E-state index in [4.69, 9.17) is 11.6 Å². The van der Waals surface area contributed by atoms with Crippen molar-refractivity contribution in [1.82, 2.24) is 5.32 Å². The van der Waals surface area contributed by atoms with Gasteiger partial charge >= 0.3 is 0 Å². The second-order valence-electron chi connectivity index (χ2n) is 5.09. The first-order valence-corrected chi connectivity index (χ1v) is 7.61. The number of carbonyl (C=O) groups is 1. The van der Waals surface area contributed by atoms with Crippen molar-refractivity contribution in [1.29, 1.82) is 0 Å². The second-order valence-corrected chi connectivity index (χ2v) is 6.94. The average molecular weight is 300 g/mol. The molecular weight excluding hydrogens is 282 g/mol. The zero-order valence-electron chi connectivity index (χ0n) is 10.9. The van der Waals surface area contributed by atoms with Crippen LogP contribution in [0.15, 0.2) is 29.2 Å². The molecule has 3 nitrogen and oxygen atoms in total. The van der Waals surface area contributed by atoms with E-state index >= 15 is 0 Å². The van der Waals surface area contributed by atoms with Gasteiger partial charge in [-0.1, -0.05) is 11.6 Å². The van der Waals surface area contributed by atoms with Crippen LogP contribution in [0.2, 0.25) is 5.02 Å². The van der Waals surface area contributed by atoms with Crippen molar-refractivity contribution in [3.63, 3.8) is 0 Å². The summed E-state index contributed by atoms with van der Waals surface area (Å²) in [7, 11) is 0. The number of aliphatic hydroxyl groups is 1. The van der Waals surface area contributed by atoms with Gasteiger partial charge in [-0.3, -0.25) is 4.79 Å². The molecule has 1 atom stereocenters. The highest BCUT2D eigenvalue weighted by Gasteiger charge is 2.42. The smallest absolute Gasteiger partial charge is 0.233 e. The fourth-order valence-electron chi connectivity index (χ4n) is 1.76. The van der Waals surface area contributed by atoms with Crippen LogP contribution in [0.3, 0.4) is 0 Å². The molecule has 2 N–H and O–H groups in total. The van der Waals surface area contributed by atoms with Crippen LogP contribution < -0.4 is 5.32 Å². The summed E-state index contributed by atoms with van der Waals surface area (Å²) in [4.78, 5) is 13.0. The van der Waals surface area contributed by atoms with Gasteiger partial charge < -0.3 is 10.4 Å². The van der Waals surface area contributed by atoms with E-state index in [0.717, 1.165) is 17.7 Å². The molecule has 1 fully saturated rings. The molecule has 104 valence electrons. The zero-order valence-corrected chi connectivity index (χ0v) is 12.4. The number of hydrogen-bond donors (Lipinski definition) is 2. The molecule has 0 saturated heterocycles. The Balaban J connectivity index is 1.80. The SMILES string of the molecule is CC(Sc1ccc(Cl)cc1)C(=O)NCC1(CO)CC1. The van der Waals surface area contributed by atoms with E-state index < -0.39 is 0 Å². The van der Waals surface area contributed by atoms with Gasteiger partial charge in [-0.15, -0.1) is 11.8 Å². The lowest BCUT2D eigenvalue weighted by molar-refractivity contribution is -0.120. The topological polar surface area (TPSA) is 49.3 Å². The Morgan fingerprint density at radius 2 is 2.11 bits per heavy atom. The van der Waals surface area contributed by atoms with Gasteiger partial charge in [-0.25, -0.2) is 0 Å². The Hall–Kier alpha value is -0.710. The first-order chi connectivity index (χ1) is 9.04. The van der Waals surface area contributed by atoms with Crippen molar-refractivity contribution in [3.8, 4) is 0 Å². The lowest BCUT2D eigenvalue weighted by atomic mass is 10.1. The molecule has 1 aliphatic rings. The normalized spacial score (nSPS) is 17.8. The molecule has 1 aliphatic carbocycles. The second kappa shape index (κ2) is 6.16. The Kier molecular flexibility index (Phi) is 4.76. The Morgan fingerprint density at radius 3 is 2.63 bits per heavy atom. The fraction of sp³-hybridized carbons (Fsp3) is 0.500. The fourth-order valence-corrected chi connectivity index (χ4v) is 2.77. The summed E-state index contributed by atoms with van der Waals surface area (Å²) in [5, 5.41) is 12.7. The predicted octanol–water partition coefficient (Wildman–Crippen LogP) is 2.71. The first kappa shape index (κ1) is 14.7. The van der Waals surface area contributed by atoms with Crippen LogP contribution in [0.25, 0.3) is 0 Å². The third kappa shape index (κ3) is 4.13. The van der Waals surface area contributed by atoms with E-state index in [0.29, 0.717) is 11.6 Å².